The summed E-state index contributed by atoms with van der Waals surface area (Å²) in [6, 6.07) is 0.0916. The number of carbonyl (C=O) groups excluding carboxylic acids is 1. The van der Waals surface area contributed by atoms with Crippen molar-refractivity contribution in [2.75, 3.05) is 6.61 Å². The molecule has 1 saturated heterocycles. The van der Waals surface area contributed by atoms with Gasteiger partial charge in [0.1, 0.15) is 5.72 Å². The van der Waals surface area contributed by atoms with Crippen LogP contribution in [0.5, 0.6) is 0 Å². The molecule has 3 atom stereocenters. The molecule has 1 fully saturated rings. The van der Waals surface area contributed by atoms with E-state index in [0.29, 0.717) is 13.0 Å². The van der Waals surface area contributed by atoms with E-state index in [1.165, 1.54) is 0 Å². The normalized spacial score (nSPS) is 31.1. The second kappa shape index (κ2) is 4.94. The molecule has 1 aliphatic rings. The Balaban J connectivity index is 2.30. The first-order valence-corrected chi connectivity index (χ1v) is 5.65. The van der Waals surface area contributed by atoms with Crippen molar-refractivity contribution >= 4 is 5.97 Å². The lowest BCUT2D eigenvalue weighted by Gasteiger charge is -2.18. The van der Waals surface area contributed by atoms with Gasteiger partial charge in [0.25, 0.3) is 0 Å². The molecule has 15 heavy (non-hydrogen) atoms. The largest absolute Gasteiger partial charge is 0.466 e. The van der Waals surface area contributed by atoms with Crippen LogP contribution in [0.1, 0.15) is 40.5 Å². The van der Waals surface area contributed by atoms with Gasteiger partial charge in [-0.1, -0.05) is 6.92 Å². The van der Waals surface area contributed by atoms with Crippen molar-refractivity contribution in [2.45, 2.75) is 58.4 Å². The van der Waals surface area contributed by atoms with Gasteiger partial charge in [-0.15, -0.1) is 0 Å². The monoisotopic (exact) mass is 215 g/mol. The van der Waals surface area contributed by atoms with Crippen LogP contribution in [0.2, 0.25) is 0 Å². The van der Waals surface area contributed by atoms with Gasteiger partial charge in [0.2, 0.25) is 0 Å². The molecule has 88 valence electrons. The molecule has 1 heterocycles. The number of epoxide rings is 1. The molecular weight excluding hydrogens is 194 g/mol. The molecule has 0 amide bonds. The van der Waals surface area contributed by atoms with E-state index in [4.69, 9.17) is 9.47 Å². The summed E-state index contributed by atoms with van der Waals surface area (Å²) in [7, 11) is 0. The topological polar surface area (TPSA) is 50.9 Å². The van der Waals surface area contributed by atoms with Gasteiger partial charge in [0.05, 0.1) is 19.1 Å². The van der Waals surface area contributed by atoms with E-state index in [0.717, 1.165) is 6.42 Å². The van der Waals surface area contributed by atoms with Crippen LogP contribution in [0, 0.1) is 0 Å². The summed E-state index contributed by atoms with van der Waals surface area (Å²) in [6.07, 6.45) is 1.56. The minimum atomic E-state index is -0.202. The van der Waals surface area contributed by atoms with Crippen molar-refractivity contribution in [3.05, 3.63) is 0 Å². The van der Waals surface area contributed by atoms with Crippen molar-refractivity contribution in [1.29, 1.82) is 0 Å². The highest BCUT2D eigenvalue weighted by Gasteiger charge is 2.52. The Morgan fingerprint density at radius 2 is 2.20 bits per heavy atom. The molecule has 0 aromatic carbocycles. The fourth-order valence-electron chi connectivity index (χ4n) is 1.84. The number of rotatable bonds is 6. The van der Waals surface area contributed by atoms with Crippen LogP contribution in [0.15, 0.2) is 0 Å². The van der Waals surface area contributed by atoms with Crippen LogP contribution in [-0.2, 0) is 14.3 Å². The number of carbonyl (C=O) groups is 1. The van der Waals surface area contributed by atoms with E-state index in [9.17, 15) is 4.79 Å². The van der Waals surface area contributed by atoms with Gasteiger partial charge >= 0.3 is 5.97 Å². The van der Waals surface area contributed by atoms with Crippen LogP contribution in [-0.4, -0.2) is 30.4 Å². The summed E-state index contributed by atoms with van der Waals surface area (Å²) >= 11 is 0. The third kappa shape index (κ3) is 3.18. The maximum atomic E-state index is 11.2. The zero-order valence-electron chi connectivity index (χ0n) is 10.0. The summed E-state index contributed by atoms with van der Waals surface area (Å²) in [4.78, 5) is 11.2. The van der Waals surface area contributed by atoms with E-state index < -0.39 is 0 Å². The molecule has 1 aliphatic heterocycles. The molecule has 0 aromatic heterocycles. The predicted octanol–water partition coefficient (Wildman–Crippen LogP) is 1.44. The van der Waals surface area contributed by atoms with Gasteiger partial charge in [0, 0.05) is 6.04 Å². The number of nitrogens with one attached hydrogen (secondary N) is 1. The van der Waals surface area contributed by atoms with E-state index in [-0.39, 0.29) is 23.8 Å². The average Bonchev–Trinajstić information content (AvgIpc) is 2.77. The predicted molar refractivity (Wildman–Crippen MR) is 57.4 cm³/mol. The Hall–Kier alpha value is -0.610. The summed E-state index contributed by atoms with van der Waals surface area (Å²) < 4.78 is 10.4. The quantitative estimate of drug-likeness (QED) is 0.538. The van der Waals surface area contributed by atoms with Crippen molar-refractivity contribution in [2.24, 2.45) is 0 Å². The third-order valence-corrected chi connectivity index (χ3v) is 2.78. The fraction of sp³-hybridized carbons (Fsp3) is 0.909. The van der Waals surface area contributed by atoms with Gasteiger partial charge in [0.15, 0.2) is 0 Å². The van der Waals surface area contributed by atoms with Crippen molar-refractivity contribution in [3.8, 4) is 0 Å². The van der Waals surface area contributed by atoms with E-state index in [2.05, 4.69) is 12.2 Å². The number of hydrogen-bond acceptors (Lipinski definition) is 4. The SMILES string of the molecule is CCOC(=O)CC(C)NC1(CC)OC1C. The molecule has 0 saturated carbocycles. The van der Waals surface area contributed by atoms with Gasteiger partial charge in [-0.25, -0.2) is 0 Å². The Morgan fingerprint density at radius 3 is 2.60 bits per heavy atom. The molecular formula is C11H21NO3. The molecule has 4 heteroatoms. The minimum absolute atomic E-state index is 0.0916. The lowest BCUT2D eigenvalue weighted by atomic mass is 10.1. The molecule has 4 nitrogen and oxygen atoms in total. The van der Waals surface area contributed by atoms with Crippen molar-refractivity contribution < 1.29 is 14.3 Å². The summed E-state index contributed by atoms with van der Waals surface area (Å²) in [5, 5.41) is 3.33. The maximum absolute atomic E-state index is 11.2. The summed E-state index contributed by atoms with van der Waals surface area (Å²) in [5.41, 5.74) is -0.202. The van der Waals surface area contributed by atoms with Crippen LogP contribution < -0.4 is 5.32 Å². The second-order valence-electron chi connectivity index (χ2n) is 4.06. The molecule has 0 radical (unpaired) electrons. The standard InChI is InChI=1S/C11H21NO3/c1-5-11(9(4)15-11)12-8(3)7-10(13)14-6-2/h8-9,12H,5-7H2,1-4H3. The van der Waals surface area contributed by atoms with Gasteiger partial charge in [-0.05, 0) is 27.2 Å². The molecule has 1 N–H and O–H groups in total. The van der Waals surface area contributed by atoms with Gasteiger partial charge in [-0.2, -0.15) is 0 Å². The average molecular weight is 215 g/mol. The number of esters is 1. The van der Waals surface area contributed by atoms with Crippen LogP contribution >= 0.6 is 0 Å². The van der Waals surface area contributed by atoms with Gasteiger partial charge < -0.3 is 9.47 Å². The maximum Gasteiger partial charge on any atom is 0.307 e. The summed E-state index contributed by atoms with van der Waals surface area (Å²) in [6.45, 7) is 8.34. The highest BCUT2D eigenvalue weighted by atomic mass is 16.6. The van der Waals surface area contributed by atoms with Crippen molar-refractivity contribution in [1.82, 2.24) is 5.32 Å². The van der Waals surface area contributed by atoms with E-state index in [1.807, 2.05) is 20.8 Å². The van der Waals surface area contributed by atoms with Gasteiger partial charge in [-0.3, -0.25) is 10.1 Å². The highest BCUT2D eigenvalue weighted by Crippen LogP contribution is 2.36. The smallest absolute Gasteiger partial charge is 0.307 e. The lowest BCUT2D eigenvalue weighted by Crippen LogP contribution is -2.41. The third-order valence-electron chi connectivity index (χ3n) is 2.78. The first kappa shape index (κ1) is 12.5. The molecule has 0 spiro atoms. The molecule has 1 rings (SSSR count). The van der Waals surface area contributed by atoms with E-state index >= 15 is 0 Å². The molecule has 0 aliphatic carbocycles. The van der Waals surface area contributed by atoms with Crippen molar-refractivity contribution in [3.63, 3.8) is 0 Å². The van der Waals surface area contributed by atoms with E-state index in [1.54, 1.807) is 0 Å². The van der Waals surface area contributed by atoms with Crippen LogP contribution in [0.3, 0.4) is 0 Å². The van der Waals surface area contributed by atoms with Crippen LogP contribution in [0.4, 0.5) is 0 Å². The number of hydrogen-bond donors (Lipinski definition) is 1. The molecule has 3 unspecified atom stereocenters. The summed E-state index contributed by atoms with van der Waals surface area (Å²) in [5.74, 6) is -0.156. The Kier molecular flexibility index (Phi) is 4.11. The zero-order valence-corrected chi connectivity index (χ0v) is 10.0. The Bertz CT molecular complexity index is 228. The van der Waals surface area contributed by atoms with Crippen LogP contribution in [0.25, 0.3) is 0 Å². The number of ether oxygens (including phenoxy) is 2. The highest BCUT2D eigenvalue weighted by molar-refractivity contribution is 5.70. The molecule has 0 bridgehead atoms. The minimum Gasteiger partial charge on any atom is -0.466 e. The zero-order chi connectivity index (χ0) is 11.5. The molecule has 0 aromatic rings. The lowest BCUT2D eigenvalue weighted by molar-refractivity contribution is -0.143. The Labute approximate surface area is 91.3 Å². The Morgan fingerprint density at radius 1 is 1.60 bits per heavy atom. The second-order valence-corrected chi connectivity index (χ2v) is 4.06. The first-order chi connectivity index (χ1) is 7.04. The first-order valence-electron chi connectivity index (χ1n) is 5.65. The fourth-order valence-corrected chi connectivity index (χ4v) is 1.84.